The first-order valence-corrected chi connectivity index (χ1v) is 9.28. The summed E-state index contributed by atoms with van der Waals surface area (Å²) in [6.07, 6.45) is 0.189. The van der Waals surface area contributed by atoms with E-state index in [9.17, 15) is 9.59 Å². The first-order chi connectivity index (χ1) is 13.7. The molecule has 9 nitrogen and oxygen atoms in total. The third kappa shape index (κ3) is 4.79. The molecular formula is C20H26N4O5. The first kappa shape index (κ1) is 20.5. The van der Waals surface area contributed by atoms with Crippen LogP contribution in [-0.2, 0) is 17.7 Å². The Bertz CT molecular complexity index is 894. The molecular weight excluding hydrogens is 376 g/mol. The normalized spacial score (nSPS) is 13.5. The van der Waals surface area contributed by atoms with Gasteiger partial charge in [0.1, 0.15) is 17.1 Å². The number of anilines is 1. The van der Waals surface area contributed by atoms with Gasteiger partial charge in [-0.05, 0) is 39.3 Å². The number of amides is 2. The van der Waals surface area contributed by atoms with Crippen LogP contribution >= 0.6 is 0 Å². The van der Waals surface area contributed by atoms with Crippen LogP contribution in [0.3, 0.4) is 0 Å². The van der Waals surface area contributed by atoms with E-state index in [0.717, 1.165) is 11.3 Å². The second kappa shape index (κ2) is 8.02. The van der Waals surface area contributed by atoms with Crippen molar-refractivity contribution in [3.05, 3.63) is 35.0 Å². The lowest BCUT2D eigenvalue weighted by Gasteiger charge is -2.29. The minimum absolute atomic E-state index is 0.328. The molecule has 0 radical (unpaired) electrons. The number of ether oxygens (including phenoxy) is 3. The maximum Gasteiger partial charge on any atom is 0.410 e. The molecule has 0 saturated heterocycles. The van der Waals surface area contributed by atoms with Gasteiger partial charge in [-0.1, -0.05) is 0 Å². The van der Waals surface area contributed by atoms with Crippen molar-refractivity contribution in [3.8, 4) is 11.5 Å². The summed E-state index contributed by atoms with van der Waals surface area (Å²) in [5, 5.41) is 9.96. The van der Waals surface area contributed by atoms with Gasteiger partial charge in [-0.3, -0.25) is 9.89 Å². The Labute approximate surface area is 169 Å². The van der Waals surface area contributed by atoms with Crippen LogP contribution in [0.4, 0.5) is 10.6 Å². The fraction of sp³-hybridized carbons (Fsp3) is 0.450. The highest BCUT2D eigenvalue weighted by Crippen LogP contribution is 2.27. The first-order valence-electron chi connectivity index (χ1n) is 9.28. The summed E-state index contributed by atoms with van der Waals surface area (Å²) in [6.45, 7) is 6.32. The van der Waals surface area contributed by atoms with Crippen LogP contribution in [-0.4, -0.2) is 53.5 Å². The van der Waals surface area contributed by atoms with E-state index in [0.29, 0.717) is 42.4 Å². The molecule has 1 aromatic heterocycles. The lowest BCUT2D eigenvalue weighted by molar-refractivity contribution is 0.0221. The van der Waals surface area contributed by atoms with E-state index in [1.165, 1.54) is 14.2 Å². The van der Waals surface area contributed by atoms with Gasteiger partial charge < -0.3 is 24.4 Å². The van der Waals surface area contributed by atoms with Crippen molar-refractivity contribution in [3.63, 3.8) is 0 Å². The topological polar surface area (TPSA) is 106 Å². The fourth-order valence-corrected chi connectivity index (χ4v) is 3.02. The molecule has 1 aliphatic rings. The fourth-order valence-electron chi connectivity index (χ4n) is 3.02. The number of rotatable bonds is 4. The molecule has 0 spiro atoms. The molecule has 29 heavy (non-hydrogen) atoms. The smallest absolute Gasteiger partial charge is 0.410 e. The van der Waals surface area contributed by atoms with Gasteiger partial charge in [0.05, 0.1) is 26.5 Å². The van der Waals surface area contributed by atoms with Gasteiger partial charge in [0.2, 0.25) is 0 Å². The number of nitrogens with zero attached hydrogens (tertiary/aromatic N) is 2. The minimum atomic E-state index is -0.553. The predicted octanol–water partition coefficient (Wildman–Crippen LogP) is 2.97. The van der Waals surface area contributed by atoms with E-state index in [-0.39, 0.29) is 12.0 Å². The zero-order valence-corrected chi connectivity index (χ0v) is 17.3. The summed E-state index contributed by atoms with van der Waals surface area (Å²) >= 11 is 0. The van der Waals surface area contributed by atoms with Gasteiger partial charge in [-0.25, -0.2) is 4.79 Å². The molecule has 0 saturated carbocycles. The maximum absolute atomic E-state index is 12.7. The molecule has 0 atom stereocenters. The lowest BCUT2D eigenvalue weighted by Crippen LogP contribution is -2.39. The average molecular weight is 402 g/mol. The van der Waals surface area contributed by atoms with E-state index < -0.39 is 5.60 Å². The van der Waals surface area contributed by atoms with Gasteiger partial charge in [0, 0.05) is 23.7 Å². The van der Waals surface area contributed by atoms with Crippen LogP contribution in [0.1, 0.15) is 42.4 Å². The molecule has 0 aliphatic carbocycles. The maximum atomic E-state index is 12.7. The Morgan fingerprint density at radius 1 is 1.14 bits per heavy atom. The quantitative estimate of drug-likeness (QED) is 0.814. The van der Waals surface area contributed by atoms with Crippen LogP contribution in [0.25, 0.3) is 0 Å². The molecule has 1 aromatic carbocycles. The minimum Gasteiger partial charge on any atom is -0.497 e. The summed E-state index contributed by atoms with van der Waals surface area (Å²) in [5.74, 6) is 1.17. The third-order valence-corrected chi connectivity index (χ3v) is 4.43. The number of methoxy groups -OCH3 is 2. The standard InChI is InChI=1S/C20H26N4O5/c1-20(2,3)29-19(26)24-7-6-15-16(11-24)22-23-17(15)21-18(25)12-8-13(27-4)10-14(9-12)28-5/h8-10H,6-7,11H2,1-5H3,(H2,21,22,23,25). The van der Waals surface area contributed by atoms with Gasteiger partial charge in [-0.2, -0.15) is 5.10 Å². The molecule has 9 heteroatoms. The molecule has 156 valence electrons. The molecule has 2 aromatic rings. The van der Waals surface area contributed by atoms with E-state index in [4.69, 9.17) is 14.2 Å². The molecule has 0 unspecified atom stereocenters. The van der Waals surface area contributed by atoms with Crippen molar-refractivity contribution in [1.29, 1.82) is 0 Å². The zero-order chi connectivity index (χ0) is 21.2. The van der Waals surface area contributed by atoms with Crippen LogP contribution in [0, 0.1) is 0 Å². The molecule has 2 heterocycles. The molecule has 2 amide bonds. The number of H-pyrrole nitrogens is 1. The molecule has 3 rings (SSSR count). The largest absolute Gasteiger partial charge is 0.497 e. The number of carbonyl (C=O) groups is 2. The Hall–Kier alpha value is -3.23. The average Bonchev–Trinajstić information content (AvgIpc) is 3.08. The van der Waals surface area contributed by atoms with Crippen LogP contribution < -0.4 is 14.8 Å². The highest BCUT2D eigenvalue weighted by molar-refractivity contribution is 6.04. The van der Waals surface area contributed by atoms with E-state index in [1.807, 2.05) is 20.8 Å². The van der Waals surface area contributed by atoms with Crippen molar-refractivity contribution < 1.29 is 23.8 Å². The highest BCUT2D eigenvalue weighted by atomic mass is 16.6. The summed E-state index contributed by atoms with van der Waals surface area (Å²) in [5.41, 5.74) is 1.50. The van der Waals surface area contributed by atoms with Crippen molar-refractivity contribution in [2.24, 2.45) is 0 Å². The second-order valence-corrected chi connectivity index (χ2v) is 7.74. The van der Waals surface area contributed by atoms with E-state index in [1.54, 1.807) is 23.1 Å². The Morgan fingerprint density at radius 3 is 2.38 bits per heavy atom. The number of nitrogens with one attached hydrogen (secondary N) is 2. The van der Waals surface area contributed by atoms with Crippen molar-refractivity contribution in [1.82, 2.24) is 15.1 Å². The molecule has 2 N–H and O–H groups in total. The number of aromatic nitrogens is 2. The van der Waals surface area contributed by atoms with E-state index in [2.05, 4.69) is 15.5 Å². The number of carbonyl (C=O) groups excluding carboxylic acids is 2. The highest BCUT2D eigenvalue weighted by Gasteiger charge is 2.29. The van der Waals surface area contributed by atoms with Crippen molar-refractivity contribution in [2.75, 3.05) is 26.1 Å². The van der Waals surface area contributed by atoms with Gasteiger partial charge in [0.25, 0.3) is 5.91 Å². The number of hydrogen-bond donors (Lipinski definition) is 2. The molecule has 1 aliphatic heterocycles. The number of benzene rings is 1. The van der Waals surface area contributed by atoms with Gasteiger partial charge in [0.15, 0.2) is 5.82 Å². The summed E-state index contributed by atoms with van der Waals surface area (Å²) in [7, 11) is 3.05. The van der Waals surface area contributed by atoms with Gasteiger partial charge >= 0.3 is 6.09 Å². The zero-order valence-electron chi connectivity index (χ0n) is 17.3. The van der Waals surface area contributed by atoms with Crippen LogP contribution in [0.5, 0.6) is 11.5 Å². The molecule has 0 fully saturated rings. The Kier molecular flexibility index (Phi) is 5.67. The summed E-state index contributed by atoms with van der Waals surface area (Å²) in [6, 6.07) is 4.95. The Balaban J connectivity index is 1.72. The van der Waals surface area contributed by atoms with Crippen LogP contribution in [0.2, 0.25) is 0 Å². The van der Waals surface area contributed by atoms with Crippen molar-refractivity contribution >= 4 is 17.8 Å². The third-order valence-electron chi connectivity index (χ3n) is 4.43. The number of fused-ring (bicyclic) bond motifs is 1. The summed E-state index contributed by atoms with van der Waals surface area (Å²) in [4.78, 5) is 26.6. The monoisotopic (exact) mass is 402 g/mol. The predicted molar refractivity (Wildman–Crippen MR) is 106 cm³/mol. The molecule has 0 bridgehead atoms. The summed E-state index contributed by atoms with van der Waals surface area (Å²) < 4.78 is 15.8. The SMILES string of the molecule is COc1cc(OC)cc(C(=O)Nc2n[nH]c3c2CCN(C(=O)OC(C)(C)C)C3)c1. The van der Waals surface area contributed by atoms with Crippen molar-refractivity contribution in [2.45, 2.75) is 39.3 Å². The number of aromatic amines is 1. The lowest BCUT2D eigenvalue weighted by atomic mass is 10.1. The van der Waals surface area contributed by atoms with E-state index >= 15 is 0 Å². The number of hydrogen-bond acceptors (Lipinski definition) is 6. The second-order valence-electron chi connectivity index (χ2n) is 7.74. The van der Waals surface area contributed by atoms with Crippen LogP contribution in [0.15, 0.2) is 18.2 Å². The Morgan fingerprint density at radius 2 is 1.79 bits per heavy atom. The van der Waals surface area contributed by atoms with Gasteiger partial charge in [-0.15, -0.1) is 0 Å².